The molecule has 1 aliphatic rings. The summed E-state index contributed by atoms with van der Waals surface area (Å²) in [6.45, 7) is 6.29. The number of nitrogens with zero attached hydrogens (tertiary/aromatic N) is 4. The fraction of sp³-hybridized carbons (Fsp3) is 0.320. The average molecular weight is 467 g/mol. The topological polar surface area (TPSA) is 67.8 Å². The third-order valence-corrected chi connectivity index (χ3v) is 5.86. The molecule has 0 amide bonds. The van der Waals surface area contributed by atoms with E-state index >= 15 is 0 Å². The first-order chi connectivity index (χ1) is 16.1. The van der Waals surface area contributed by atoms with E-state index in [1.165, 1.54) is 17.6 Å². The van der Waals surface area contributed by atoms with Crippen molar-refractivity contribution in [3.63, 3.8) is 0 Å². The van der Waals surface area contributed by atoms with E-state index in [0.717, 1.165) is 48.9 Å². The zero-order valence-corrected chi connectivity index (χ0v) is 20.1. The number of anilines is 1. The second-order valence-electron chi connectivity index (χ2n) is 7.67. The maximum absolute atomic E-state index is 10.5. The van der Waals surface area contributed by atoms with Gasteiger partial charge < -0.3 is 23.5 Å². The van der Waals surface area contributed by atoms with Crippen LogP contribution in [0.3, 0.4) is 0 Å². The van der Waals surface area contributed by atoms with Crippen molar-refractivity contribution in [2.24, 2.45) is 0 Å². The number of likely N-dealkylation sites (N-methyl/N-ethyl adjacent to an activating group) is 1. The summed E-state index contributed by atoms with van der Waals surface area (Å²) in [5.74, 6) is 2.13. The molecule has 1 aromatic heterocycles. The Morgan fingerprint density at radius 3 is 2.33 bits per heavy atom. The van der Waals surface area contributed by atoms with Gasteiger partial charge in [0.25, 0.3) is 0 Å². The predicted molar refractivity (Wildman–Crippen MR) is 132 cm³/mol. The summed E-state index contributed by atoms with van der Waals surface area (Å²) >= 11 is 1.28. The molecule has 1 fully saturated rings. The summed E-state index contributed by atoms with van der Waals surface area (Å²) < 4.78 is 11.0. The number of benzene rings is 2. The Bertz CT molecular complexity index is 994. The smallest absolute Gasteiger partial charge is 0.225 e. The molecule has 3 aromatic rings. The number of rotatable bonds is 7. The number of methoxy groups -OCH3 is 1. The minimum atomic E-state index is 0.377. The molecular formula is C25H30N4O3S. The monoisotopic (exact) mass is 466 g/mol. The van der Waals surface area contributed by atoms with Gasteiger partial charge in [-0.25, -0.2) is 9.97 Å². The Hall–Kier alpha value is -3.10. The second kappa shape index (κ2) is 12.8. The fourth-order valence-corrected chi connectivity index (χ4v) is 3.72. The van der Waals surface area contributed by atoms with Crippen molar-refractivity contribution in [1.82, 2.24) is 14.9 Å². The lowest BCUT2D eigenvalue weighted by Gasteiger charge is -2.32. The quantitative estimate of drug-likeness (QED) is 0.382. The van der Waals surface area contributed by atoms with Crippen LogP contribution in [0.5, 0.6) is 11.5 Å². The van der Waals surface area contributed by atoms with Crippen LogP contribution >= 0.6 is 12.0 Å². The second-order valence-corrected chi connectivity index (χ2v) is 8.48. The molecule has 0 aliphatic carbocycles. The number of piperazine rings is 1. The first kappa shape index (κ1) is 24.5. The number of carbonyl (C=O) groups is 1. The third-order valence-electron chi connectivity index (χ3n) is 5.13. The number of ether oxygens (including phenoxy) is 1. The molecule has 4 rings (SSSR count). The van der Waals surface area contributed by atoms with Gasteiger partial charge in [0.15, 0.2) is 11.5 Å². The van der Waals surface area contributed by atoms with Crippen molar-refractivity contribution < 1.29 is 13.7 Å². The van der Waals surface area contributed by atoms with Crippen molar-refractivity contribution in [2.45, 2.75) is 18.2 Å². The zero-order chi connectivity index (χ0) is 23.5. The Labute approximate surface area is 200 Å². The van der Waals surface area contributed by atoms with Crippen molar-refractivity contribution >= 4 is 24.3 Å². The van der Waals surface area contributed by atoms with Gasteiger partial charge in [-0.05, 0) is 49.9 Å². The third kappa shape index (κ3) is 7.76. The highest BCUT2D eigenvalue weighted by Crippen LogP contribution is 2.33. The molecular weight excluding hydrogens is 436 g/mol. The average Bonchev–Trinajstić information content (AvgIpc) is 2.86. The van der Waals surface area contributed by atoms with Gasteiger partial charge in [-0.1, -0.05) is 23.8 Å². The van der Waals surface area contributed by atoms with Crippen LogP contribution in [0.2, 0.25) is 0 Å². The number of hydrogen-bond donors (Lipinski definition) is 0. The van der Waals surface area contributed by atoms with Gasteiger partial charge in [0.1, 0.15) is 6.29 Å². The minimum Gasteiger partial charge on any atom is -0.493 e. The van der Waals surface area contributed by atoms with Gasteiger partial charge in [-0.2, -0.15) is 0 Å². The van der Waals surface area contributed by atoms with E-state index in [9.17, 15) is 4.79 Å². The molecule has 7 nitrogen and oxygen atoms in total. The Balaban J connectivity index is 0.000000203. The lowest BCUT2D eigenvalue weighted by atomic mass is 10.1. The molecule has 0 spiro atoms. The van der Waals surface area contributed by atoms with Crippen LogP contribution in [0, 0.1) is 6.92 Å². The van der Waals surface area contributed by atoms with E-state index in [2.05, 4.69) is 26.8 Å². The van der Waals surface area contributed by atoms with Crippen LogP contribution in [0.25, 0.3) is 0 Å². The van der Waals surface area contributed by atoms with Gasteiger partial charge in [-0.3, -0.25) is 0 Å². The summed E-state index contributed by atoms with van der Waals surface area (Å²) in [7, 11) is 3.73. The molecule has 0 saturated carbocycles. The van der Waals surface area contributed by atoms with Crippen LogP contribution in [-0.4, -0.2) is 61.5 Å². The number of carbonyl (C=O) groups excluding carboxylic acids is 1. The molecule has 1 saturated heterocycles. The van der Waals surface area contributed by atoms with E-state index in [1.807, 2.05) is 55.5 Å². The van der Waals surface area contributed by atoms with Crippen LogP contribution in [-0.2, 0) is 11.2 Å². The standard InChI is InChI=1S/C16H16O3S.C9H14N4/c1-12-3-6-14(7-4-12)20-19-15-8-5-13(9-10-17)11-16(15)18-2;1-12-5-7-13(8-6-12)9-10-3-2-4-11-9/h3-8,10-11H,9H2,1-2H3;2-4H,5-8H2,1H3. The zero-order valence-electron chi connectivity index (χ0n) is 19.3. The molecule has 0 unspecified atom stereocenters. The van der Waals surface area contributed by atoms with Crippen LogP contribution < -0.4 is 13.8 Å². The van der Waals surface area contributed by atoms with Crippen LogP contribution in [0.4, 0.5) is 5.95 Å². The van der Waals surface area contributed by atoms with E-state index in [4.69, 9.17) is 8.92 Å². The summed E-state index contributed by atoms with van der Waals surface area (Å²) in [6, 6.07) is 15.4. The summed E-state index contributed by atoms with van der Waals surface area (Å²) in [5.41, 5.74) is 2.12. The Kier molecular flexibility index (Phi) is 9.53. The lowest BCUT2D eigenvalue weighted by molar-refractivity contribution is -0.107. The highest BCUT2D eigenvalue weighted by atomic mass is 32.2. The molecule has 0 N–H and O–H groups in total. The number of hydrogen-bond acceptors (Lipinski definition) is 8. The normalized spacial score (nSPS) is 13.6. The van der Waals surface area contributed by atoms with E-state index < -0.39 is 0 Å². The number of aromatic nitrogens is 2. The lowest BCUT2D eigenvalue weighted by Crippen LogP contribution is -2.45. The van der Waals surface area contributed by atoms with Crippen molar-refractivity contribution in [3.8, 4) is 11.5 Å². The van der Waals surface area contributed by atoms with Gasteiger partial charge >= 0.3 is 0 Å². The van der Waals surface area contributed by atoms with Crippen LogP contribution in [0.15, 0.2) is 65.8 Å². The summed E-state index contributed by atoms with van der Waals surface area (Å²) in [5, 5.41) is 0. The molecule has 0 atom stereocenters. The van der Waals surface area contributed by atoms with Crippen molar-refractivity contribution in [3.05, 3.63) is 72.1 Å². The number of aldehydes is 1. The predicted octanol–water partition coefficient (Wildman–Crippen LogP) is 4.06. The van der Waals surface area contributed by atoms with Crippen molar-refractivity contribution in [1.29, 1.82) is 0 Å². The Morgan fingerprint density at radius 1 is 1.00 bits per heavy atom. The molecule has 1 aliphatic heterocycles. The number of aryl methyl sites for hydroxylation is 1. The largest absolute Gasteiger partial charge is 0.493 e. The van der Waals surface area contributed by atoms with E-state index in [0.29, 0.717) is 17.9 Å². The van der Waals surface area contributed by atoms with E-state index in [1.54, 1.807) is 19.5 Å². The maximum atomic E-state index is 10.5. The molecule has 33 heavy (non-hydrogen) atoms. The van der Waals surface area contributed by atoms with Gasteiger partial charge in [0, 0.05) is 49.9 Å². The maximum Gasteiger partial charge on any atom is 0.225 e. The molecule has 2 aromatic carbocycles. The van der Waals surface area contributed by atoms with Crippen LogP contribution in [0.1, 0.15) is 11.1 Å². The fourth-order valence-electron chi connectivity index (χ4n) is 3.15. The first-order valence-corrected chi connectivity index (χ1v) is 11.6. The van der Waals surface area contributed by atoms with Gasteiger partial charge in [-0.15, -0.1) is 0 Å². The minimum absolute atomic E-state index is 0.377. The summed E-state index contributed by atoms with van der Waals surface area (Å²) in [6.07, 6.45) is 4.83. The van der Waals surface area contributed by atoms with Crippen molar-refractivity contribution in [2.75, 3.05) is 45.2 Å². The van der Waals surface area contributed by atoms with E-state index in [-0.39, 0.29) is 0 Å². The molecule has 174 valence electrons. The summed E-state index contributed by atoms with van der Waals surface area (Å²) in [4.78, 5) is 24.5. The van der Waals surface area contributed by atoms with Gasteiger partial charge in [0.2, 0.25) is 5.95 Å². The highest BCUT2D eigenvalue weighted by molar-refractivity contribution is 7.95. The first-order valence-electron chi connectivity index (χ1n) is 10.8. The Morgan fingerprint density at radius 2 is 1.70 bits per heavy atom. The molecule has 2 heterocycles. The highest BCUT2D eigenvalue weighted by Gasteiger charge is 2.15. The SMILES string of the molecule is CN1CCN(c2ncccn2)CC1.COc1cc(CC=O)ccc1OSc1ccc(C)cc1. The molecule has 8 heteroatoms. The molecule has 0 radical (unpaired) electrons. The van der Waals surface area contributed by atoms with Gasteiger partial charge in [0.05, 0.1) is 19.2 Å². The molecule has 0 bridgehead atoms.